The van der Waals surface area contributed by atoms with Crippen molar-refractivity contribution < 1.29 is 4.42 Å². The summed E-state index contributed by atoms with van der Waals surface area (Å²) in [7, 11) is 0. The Hall–Kier alpha value is -5.60. The van der Waals surface area contributed by atoms with Gasteiger partial charge in [-0.05, 0) is 98.8 Å². The van der Waals surface area contributed by atoms with E-state index in [1.807, 2.05) is 12.1 Å². The molecule has 0 spiro atoms. The van der Waals surface area contributed by atoms with Gasteiger partial charge in [-0.2, -0.15) is 0 Å². The first kappa shape index (κ1) is 25.9. The third-order valence-corrected chi connectivity index (χ3v) is 9.65. The summed E-state index contributed by atoms with van der Waals surface area (Å²) in [6.07, 6.45) is 0. The summed E-state index contributed by atoms with van der Waals surface area (Å²) < 4.78 is 6.26. The molecule has 0 saturated heterocycles. The van der Waals surface area contributed by atoms with Crippen molar-refractivity contribution in [1.29, 1.82) is 0 Å². The molecule has 1 heterocycles. The van der Waals surface area contributed by atoms with Crippen LogP contribution in [0.15, 0.2) is 156 Å². The Morgan fingerprint density at radius 1 is 0.444 bits per heavy atom. The van der Waals surface area contributed by atoms with Gasteiger partial charge in [-0.25, -0.2) is 0 Å². The first-order valence-corrected chi connectivity index (χ1v) is 15.6. The second kappa shape index (κ2) is 9.70. The smallest absolute Gasteiger partial charge is 0.136 e. The van der Waals surface area contributed by atoms with Gasteiger partial charge in [0.25, 0.3) is 0 Å². The van der Waals surface area contributed by atoms with Crippen LogP contribution in [0, 0.1) is 0 Å². The summed E-state index contributed by atoms with van der Waals surface area (Å²) in [4.78, 5) is 2.37. The first-order chi connectivity index (χ1) is 22.1. The maximum atomic E-state index is 6.26. The predicted octanol–water partition coefficient (Wildman–Crippen LogP) is 12.2. The molecule has 2 heteroatoms. The Bertz CT molecular complexity index is 2400. The molecule has 214 valence electrons. The highest BCUT2D eigenvalue weighted by Crippen LogP contribution is 2.50. The van der Waals surface area contributed by atoms with Crippen molar-refractivity contribution in [3.05, 3.63) is 163 Å². The Balaban J connectivity index is 1.15. The Kier molecular flexibility index (Phi) is 5.58. The van der Waals surface area contributed by atoms with E-state index in [2.05, 4.69) is 158 Å². The number of rotatable bonds is 4. The van der Waals surface area contributed by atoms with Gasteiger partial charge in [0.15, 0.2) is 0 Å². The highest BCUT2D eigenvalue weighted by atomic mass is 16.3. The topological polar surface area (TPSA) is 16.4 Å². The van der Waals surface area contributed by atoms with E-state index in [9.17, 15) is 0 Å². The molecule has 1 aliphatic rings. The molecule has 2 nitrogen and oxygen atoms in total. The van der Waals surface area contributed by atoms with Crippen LogP contribution in [0.1, 0.15) is 25.0 Å². The van der Waals surface area contributed by atoms with Crippen LogP contribution in [0.25, 0.3) is 55.0 Å². The Morgan fingerprint density at radius 3 is 2.00 bits per heavy atom. The zero-order chi connectivity index (χ0) is 30.1. The van der Waals surface area contributed by atoms with Crippen molar-refractivity contribution in [3.8, 4) is 22.3 Å². The van der Waals surface area contributed by atoms with Gasteiger partial charge in [0, 0.05) is 33.2 Å². The van der Waals surface area contributed by atoms with Gasteiger partial charge in [0.1, 0.15) is 11.2 Å². The maximum Gasteiger partial charge on any atom is 0.136 e. The summed E-state index contributed by atoms with van der Waals surface area (Å²) in [5.41, 5.74) is 13.0. The molecule has 45 heavy (non-hydrogen) atoms. The second-order valence-electron chi connectivity index (χ2n) is 12.6. The van der Waals surface area contributed by atoms with E-state index in [0.29, 0.717) is 0 Å². The fraction of sp³-hybridized carbons (Fsp3) is 0.0698. The second-order valence-corrected chi connectivity index (χ2v) is 12.6. The lowest BCUT2D eigenvalue weighted by atomic mass is 9.82. The number of nitrogens with zero attached hydrogens (tertiary/aromatic N) is 1. The van der Waals surface area contributed by atoms with Gasteiger partial charge in [0.05, 0.1) is 0 Å². The van der Waals surface area contributed by atoms with E-state index in [0.717, 1.165) is 39.0 Å². The minimum Gasteiger partial charge on any atom is -0.456 e. The lowest BCUT2D eigenvalue weighted by Crippen LogP contribution is -2.16. The van der Waals surface area contributed by atoms with E-state index in [1.165, 1.54) is 44.2 Å². The summed E-state index contributed by atoms with van der Waals surface area (Å²) >= 11 is 0. The first-order valence-electron chi connectivity index (χ1n) is 15.6. The van der Waals surface area contributed by atoms with Crippen LogP contribution in [0.4, 0.5) is 17.1 Å². The van der Waals surface area contributed by atoms with E-state index in [-0.39, 0.29) is 5.41 Å². The van der Waals surface area contributed by atoms with E-state index < -0.39 is 0 Å². The van der Waals surface area contributed by atoms with Crippen LogP contribution in [0.5, 0.6) is 0 Å². The van der Waals surface area contributed by atoms with Gasteiger partial charge < -0.3 is 9.32 Å². The normalized spacial score (nSPS) is 13.3. The molecule has 0 fully saturated rings. The fourth-order valence-electron chi connectivity index (χ4n) is 7.39. The molecule has 0 N–H and O–H groups in total. The summed E-state index contributed by atoms with van der Waals surface area (Å²) in [5, 5.41) is 4.72. The van der Waals surface area contributed by atoms with Crippen molar-refractivity contribution in [2.24, 2.45) is 0 Å². The van der Waals surface area contributed by atoms with Crippen LogP contribution in [-0.4, -0.2) is 0 Å². The summed E-state index contributed by atoms with van der Waals surface area (Å²) in [6, 6.07) is 54.7. The Morgan fingerprint density at radius 2 is 1.13 bits per heavy atom. The van der Waals surface area contributed by atoms with E-state index in [4.69, 9.17) is 4.42 Å². The van der Waals surface area contributed by atoms with Crippen LogP contribution in [0.2, 0.25) is 0 Å². The van der Waals surface area contributed by atoms with E-state index in [1.54, 1.807) is 0 Å². The largest absolute Gasteiger partial charge is 0.456 e. The van der Waals surface area contributed by atoms with Crippen molar-refractivity contribution in [3.63, 3.8) is 0 Å². The number of hydrogen-bond donors (Lipinski definition) is 0. The molecule has 0 atom stereocenters. The van der Waals surface area contributed by atoms with Gasteiger partial charge in [0.2, 0.25) is 0 Å². The lowest BCUT2D eigenvalue weighted by molar-refractivity contribution is 0.660. The molecular formula is C43H31NO. The Labute approximate surface area is 262 Å². The zero-order valence-electron chi connectivity index (χ0n) is 25.3. The number of anilines is 3. The number of benzene rings is 7. The highest BCUT2D eigenvalue weighted by Gasteiger charge is 2.35. The standard InChI is InChI=1S/C43H31NO/c1-43(2)39-17-8-6-14-34(39)35-24-23-32(26-40(35)43)44(30-12-4-3-5-13-30)31-21-19-28(20-22-31)33-16-10-11-29-25-38-36-15-7-9-18-41(36)45-42(38)27-37(29)33/h3-27H,1-2H3. The number of hydrogen-bond acceptors (Lipinski definition) is 2. The molecule has 1 aliphatic carbocycles. The third kappa shape index (κ3) is 3.96. The van der Waals surface area contributed by atoms with Gasteiger partial charge in [-0.15, -0.1) is 0 Å². The van der Waals surface area contributed by atoms with Crippen LogP contribution >= 0.6 is 0 Å². The SMILES string of the molecule is CC1(C)c2ccccc2-c2ccc(N(c3ccccc3)c3ccc(-c4cccc5cc6c(cc45)oc4ccccc46)cc3)cc21. The number of fused-ring (bicyclic) bond motifs is 7. The molecular weight excluding hydrogens is 546 g/mol. The third-order valence-electron chi connectivity index (χ3n) is 9.65. The average Bonchev–Trinajstić information content (AvgIpc) is 3.56. The molecule has 0 unspecified atom stereocenters. The number of para-hydroxylation sites is 2. The molecule has 1 aromatic heterocycles. The summed E-state index contributed by atoms with van der Waals surface area (Å²) in [6.45, 7) is 4.68. The van der Waals surface area contributed by atoms with Gasteiger partial charge in [-0.3, -0.25) is 0 Å². The monoisotopic (exact) mass is 577 g/mol. The molecule has 9 rings (SSSR count). The molecule has 0 amide bonds. The van der Waals surface area contributed by atoms with Crippen LogP contribution in [-0.2, 0) is 5.41 Å². The molecule has 0 aliphatic heterocycles. The van der Waals surface area contributed by atoms with Crippen molar-refractivity contribution >= 4 is 49.8 Å². The quantitative estimate of drug-likeness (QED) is 0.207. The molecule has 0 bridgehead atoms. The van der Waals surface area contributed by atoms with E-state index >= 15 is 0 Å². The molecule has 0 saturated carbocycles. The van der Waals surface area contributed by atoms with Gasteiger partial charge in [-0.1, -0.05) is 111 Å². The van der Waals surface area contributed by atoms with Crippen molar-refractivity contribution in [1.82, 2.24) is 0 Å². The molecule has 0 radical (unpaired) electrons. The average molecular weight is 578 g/mol. The zero-order valence-corrected chi connectivity index (χ0v) is 25.3. The predicted molar refractivity (Wildman–Crippen MR) is 189 cm³/mol. The van der Waals surface area contributed by atoms with Crippen molar-refractivity contribution in [2.75, 3.05) is 4.90 Å². The lowest BCUT2D eigenvalue weighted by Gasteiger charge is -2.28. The number of furan rings is 1. The summed E-state index contributed by atoms with van der Waals surface area (Å²) in [5.74, 6) is 0. The van der Waals surface area contributed by atoms with Gasteiger partial charge >= 0.3 is 0 Å². The molecule has 7 aromatic carbocycles. The molecule has 8 aromatic rings. The van der Waals surface area contributed by atoms with Crippen LogP contribution in [0.3, 0.4) is 0 Å². The maximum absolute atomic E-state index is 6.26. The van der Waals surface area contributed by atoms with Crippen molar-refractivity contribution in [2.45, 2.75) is 19.3 Å². The minimum absolute atomic E-state index is 0.0617. The fourth-order valence-corrected chi connectivity index (χ4v) is 7.39. The van der Waals surface area contributed by atoms with Crippen LogP contribution < -0.4 is 4.90 Å². The highest BCUT2D eigenvalue weighted by molar-refractivity contribution is 6.12. The minimum atomic E-state index is -0.0617.